The predicted octanol–water partition coefficient (Wildman–Crippen LogP) is 0.991. The Hall–Kier alpha value is -1.55. The smallest absolute Gasteiger partial charge is 0.246 e. The van der Waals surface area contributed by atoms with E-state index in [0.717, 1.165) is 25.2 Å². The van der Waals surface area contributed by atoms with E-state index in [-0.39, 0.29) is 11.9 Å². The van der Waals surface area contributed by atoms with E-state index in [1.165, 1.54) is 5.56 Å². The molecule has 1 aliphatic heterocycles. The van der Waals surface area contributed by atoms with Crippen LogP contribution in [0.1, 0.15) is 12.0 Å². The van der Waals surface area contributed by atoms with Crippen LogP contribution >= 0.6 is 0 Å². The molecule has 18 heavy (non-hydrogen) atoms. The maximum absolute atomic E-state index is 12.2. The first kappa shape index (κ1) is 12.9. The van der Waals surface area contributed by atoms with Gasteiger partial charge in [-0.15, -0.1) is 0 Å². The van der Waals surface area contributed by atoms with Gasteiger partial charge < -0.3 is 15.5 Å². The Kier molecular flexibility index (Phi) is 3.87. The molecule has 1 aromatic carbocycles. The molecule has 4 heteroatoms. The van der Waals surface area contributed by atoms with Crippen LogP contribution in [0.5, 0.6) is 0 Å². The van der Waals surface area contributed by atoms with Gasteiger partial charge in [0.25, 0.3) is 0 Å². The summed E-state index contributed by atoms with van der Waals surface area (Å²) in [5.74, 6) is 0.122. The van der Waals surface area contributed by atoms with Gasteiger partial charge in [-0.25, -0.2) is 0 Å². The van der Waals surface area contributed by atoms with E-state index in [2.05, 4.69) is 24.0 Å². The number of hydrogen-bond acceptors (Lipinski definition) is 3. The van der Waals surface area contributed by atoms with E-state index in [4.69, 9.17) is 5.73 Å². The molecule has 2 N–H and O–H groups in total. The Morgan fingerprint density at radius 2 is 2.17 bits per heavy atom. The first-order chi connectivity index (χ1) is 8.63. The van der Waals surface area contributed by atoms with Crippen molar-refractivity contribution in [1.29, 1.82) is 0 Å². The summed E-state index contributed by atoms with van der Waals surface area (Å²) in [5.41, 5.74) is 8.10. The third kappa shape index (κ3) is 2.48. The Morgan fingerprint density at radius 1 is 1.39 bits per heavy atom. The second-order valence-electron chi connectivity index (χ2n) is 4.90. The minimum Gasteiger partial charge on any atom is -0.358 e. The number of aryl methyl sites for hydroxylation is 1. The minimum atomic E-state index is -0.237. The minimum absolute atomic E-state index is 0.122. The van der Waals surface area contributed by atoms with Crippen molar-refractivity contribution >= 4 is 11.6 Å². The molecule has 2 rings (SSSR count). The van der Waals surface area contributed by atoms with Crippen molar-refractivity contribution < 1.29 is 4.79 Å². The summed E-state index contributed by atoms with van der Waals surface area (Å²) >= 11 is 0. The van der Waals surface area contributed by atoms with Crippen LogP contribution in [0.2, 0.25) is 0 Å². The number of likely N-dealkylation sites (N-methyl/N-ethyl adjacent to an activating group) is 1. The van der Waals surface area contributed by atoms with Gasteiger partial charge in [0, 0.05) is 32.4 Å². The lowest BCUT2D eigenvalue weighted by molar-refractivity contribution is -0.130. The normalized spacial score (nSPS) is 21.1. The van der Waals surface area contributed by atoms with E-state index in [0.29, 0.717) is 6.54 Å². The SMILES string of the molecule is Cc1cccc(N2CCCN(C)C(=O)C2CN)c1. The molecule has 1 aromatic rings. The third-order valence-electron chi connectivity index (χ3n) is 3.49. The Bertz CT molecular complexity index is 433. The second-order valence-corrected chi connectivity index (χ2v) is 4.90. The number of benzene rings is 1. The number of hydrogen-bond donors (Lipinski definition) is 1. The van der Waals surface area contributed by atoms with Crippen molar-refractivity contribution in [2.45, 2.75) is 19.4 Å². The maximum atomic E-state index is 12.2. The Balaban J connectivity index is 2.32. The van der Waals surface area contributed by atoms with E-state index in [1.54, 1.807) is 4.90 Å². The van der Waals surface area contributed by atoms with Gasteiger partial charge in [-0.2, -0.15) is 0 Å². The summed E-state index contributed by atoms with van der Waals surface area (Å²) < 4.78 is 0. The summed E-state index contributed by atoms with van der Waals surface area (Å²) in [6.07, 6.45) is 0.979. The number of carbonyl (C=O) groups is 1. The van der Waals surface area contributed by atoms with Crippen LogP contribution in [0.15, 0.2) is 24.3 Å². The molecule has 0 aromatic heterocycles. The third-order valence-corrected chi connectivity index (χ3v) is 3.49. The number of nitrogens with two attached hydrogens (primary N) is 1. The molecule has 0 aliphatic carbocycles. The zero-order valence-corrected chi connectivity index (χ0v) is 11.1. The quantitative estimate of drug-likeness (QED) is 0.848. The number of nitrogens with zero attached hydrogens (tertiary/aromatic N) is 2. The van der Waals surface area contributed by atoms with Crippen molar-refractivity contribution in [3.05, 3.63) is 29.8 Å². The van der Waals surface area contributed by atoms with Gasteiger partial charge in [-0.1, -0.05) is 12.1 Å². The van der Waals surface area contributed by atoms with Gasteiger partial charge in [0.15, 0.2) is 0 Å². The van der Waals surface area contributed by atoms with Gasteiger partial charge in [0.2, 0.25) is 5.91 Å². The van der Waals surface area contributed by atoms with Gasteiger partial charge in [-0.3, -0.25) is 4.79 Å². The highest BCUT2D eigenvalue weighted by Crippen LogP contribution is 2.21. The zero-order valence-electron chi connectivity index (χ0n) is 11.1. The summed E-state index contributed by atoms with van der Waals surface area (Å²) in [5, 5.41) is 0. The fraction of sp³-hybridized carbons (Fsp3) is 0.500. The van der Waals surface area contributed by atoms with Crippen molar-refractivity contribution in [3.8, 4) is 0 Å². The molecule has 1 heterocycles. The van der Waals surface area contributed by atoms with Crippen LogP contribution < -0.4 is 10.6 Å². The number of anilines is 1. The maximum Gasteiger partial charge on any atom is 0.246 e. The van der Waals surface area contributed by atoms with Crippen LogP contribution in [-0.2, 0) is 4.79 Å². The molecule has 0 bridgehead atoms. The first-order valence-corrected chi connectivity index (χ1v) is 6.42. The van der Waals surface area contributed by atoms with Crippen molar-refractivity contribution in [1.82, 2.24) is 4.90 Å². The molecule has 4 nitrogen and oxygen atoms in total. The monoisotopic (exact) mass is 247 g/mol. The lowest BCUT2D eigenvalue weighted by Gasteiger charge is -2.30. The molecule has 98 valence electrons. The molecule has 1 fully saturated rings. The molecular weight excluding hydrogens is 226 g/mol. The zero-order chi connectivity index (χ0) is 13.1. The van der Waals surface area contributed by atoms with Gasteiger partial charge in [0.05, 0.1) is 0 Å². The predicted molar refractivity (Wildman–Crippen MR) is 73.6 cm³/mol. The summed E-state index contributed by atoms with van der Waals surface area (Å²) in [7, 11) is 1.85. The van der Waals surface area contributed by atoms with Gasteiger partial charge in [0.1, 0.15) is 6.04 Å². The van der Waals surface area contributed by atoms with Crippen LogP contribution in [0.4, 0.5) is 5.69 Å². The molecule has 1 aliphatic rings. The Labute approximate surface area is 108 Å². The lowest BCUT2D eigenvalue weighted by Crippen LogP contribution is -2.49. The molecule has 0 saturated carbocycles. The molecular formula is C14H21N3O. The Morgan fingerprint density at radius 3 is 2.83 bits per heavy atom. The molecule has 1 unspecified atom stereocenters. The van der Waals surface area contributed by atoms with Crippen LogP contribution in [-0.4, -0.2) is 43.5 Å². The molecule has 1 atom stereocenters. The highest BCUT2D eigenvalue weighted by Gasteiger charge is 2.29. The average molecular weight is 247 g/mol. The second kappa shape index (κ2) is 5.40. The highest BCUT2D eigenvalue weighted by molar-refractivity contribution is 5.86. The van der Waals surface area contributed by atoms with Crippen LogP contribution in [0.25, 0.3) is 0 Å². The largest absolute Gasteiger partial charge is 0.358 e. The topological polar surface area (TPSA) is 49.6 Å². The first-order valence-electron chi connectivity index (χ1n) is 6.42. The molecule has 1 saturated heterocycles. The standard InChI is InChI=1S/C14H21N3O/c1-11-5-3-6-12(9-11)17-8-4-7-16(2)14(18)13(17)10-15/h3,5-6,9,13H,4,7-8,10,15H2,1-2H3. The lowest BCUT2D eigenvalue weighted by atomic mass is 10.1. The van der Waals surface area contributed by atoms with Crippen LogP contribution in [0, 0.1) is 6.92 Å². The van der Waals surface area contributed by atoms with Crippen molar-refractivity contribution in [2.75, 3.05) is 31.6 Å². The van der Waals surface area contributed by atoms with E-state index >= 15 is 0 Å². The summed E-state index contributed by atoms with van der Waals surface area (Å²) in [4.78, 5) is 16.2. The molecule has 0 spiro atoms. The van der Waals surface area contributed by atoms with Gasteiger partial charge in [-0.05, 0) is 31.0 Å². The number of carbonyl (C=O) groups excluding carboxylic acids is 1. The van der Waals surface area contributed by atoms with E-state index in [9.17, 15) is 4.79 Å². The summed E-state index contributed by atoms with van der Waals surface area (Å²) in [6, 6.07) is 8.01. The van der Waals surface area contributed by atoms with E-state index < -0.39 is 0 Å². The van der Waals surface area contributed by atoms with Crippen molar-refractivity contribution in [2.24, 2.45) is 5.73 Å². The number of rotatable bonds is 2. The molecule has 1 amide bonds. The van der Waals surface area contributed by atoms with Crippen LogP contribution in [0.3, 0.4) is 0 Å². The number of amides is 1. The fourth-order valence-corrected chi connectivity index (χ4v) is 2.48. The average Bonchev–Trinajstić information content (AvgIpc) is 2.50. The fourth-order valence-electron chi connectivity index (χ4n) is 2.48. The summed E-state index contributed by atoms with van der Waals surface area (Å²) in [6.45, 7) is 4.10. The van der Waals surface area contributed by atoms with Gasteiger partial charge >= 0.3 is 0 Å². The highest BCUT2D eigenvalue weighted by atomic mass is 16.2. The molecule has 0 radical (unpaired) electrons. The van der Waals surface area contributed by atoms with Crippen molar-refractivity contribution in [3.63, 3.8) is 0 Å². The van der Waals surface area contributed by atoms with E-state index in [1.807, 2.05) is 19.2 Å².